The number of nitrogens with zero attached hydrogens (tertiary/aromatic N) is 2. The Kier molecular flexibility index (Phi) is 6.00. The third kappa shape index (κ3) is 4.24. The summed E-state index contributed by atoms with van der Waals surface area (Å²) in [6.07, 6.45) is 8.49. The quantitative estimate of drug-likeness (QED) is 0.180. The van der Waals surface area contributed by atoms with Crippen LogP contribution in [0.3, 0.4) is 0 Å². The third-order valence-corrected chi connectivity index (χ3v) is 11.1. The molecule has 50 heavy (non-hydrogen) atoms. The number of fused-ring (bicyclic) bond motifs is 12. The molecular weight excluding hydrogens is 613 g/mol. The van der Waals surface area contributed by atoms with Gasteiger partial charge in [0.05, 0.1) is 22.9 Å². The first-order valence-corrected chi connectivity index (χ1v) is 17.7. The molecule has 238 valence electrons. The predicted molar refractivity (Wildman–Crippen MR) is 206 cm³/mol. The van der Waals surface area contributed by atoms with Gasteiger partial charge in [0.15, 0.2) is 0 Å². The van der Waals surface area contributed by atoms with Crippen LogP contribution in [0.1, 0.15) is 43.6 Å². The number of aromatic nitrogens is 2. The molecule has 0 N–H and O–H groups in total. The van der Waals surface area contributed by atoms with E-state index >= 15 is 0 Å². The van der Waals surface area contributed by atoms with E-state index in [1.165, 1.54) is 53.8 Å². The molecule has 0 aliphatic heterocycles. The first-order valence-electron chi connectivity index (χ1n) is 17.7. The lowest BCUT2D eigenvalue weighted by atomic mass is 9.84. The molecule has 1 saturated carbocycles. The lowest BCUT2D eigenvalue weighted by Gasteiger charge is -2.21. The summed E-state index contributed by atoms with van der Waals surface area (Å²) in [7, 11) is 0. The molecule has 10 aromatic rings. The van der Waals surface area contributed by atoms with Gasteiger partial charge in [0, 0.05) is 37.9 Å². The van der Waals surface area contributed by atoms with E-state index < -0.39 is 0 Å². The monoisotopic (exact) mass is 644 g/mol. The van der Waals surface area contributed by atoms with Crippen LogP contribution in [0.25, 0.3) is 98.8 Å². The fraction of sp³-hybridized carbons (Fsp3) is 0.130. The topological polar surface area (TPSA) is 52.1 Å². The Morgan fingerprint density at radius 2 is 1.04 bits per heavy atom. The Hall–Kier alpha value is -6.00. The fourth-order valence-electron chi connectivity index (χ4n) is 8.55. The molecule has 1 aliphatic rings. The molecule has 0 saturated heterocycles. The summed E-state index contributed by atoms with van der Waals surface area (Å²) in [5.74, 6) is 0.651. The van der Waals surface area contributed by atoms with Crippen LogP contribution >= 0.6 is 0 Å². The maximum atomic E-state index is 6.46. The van der Waals surface area contributed by atoms with E-state index in [0.29, 0.717) is 5.92 Å². The maximum Gasteiger partial charge on any atom is 0.136 e. The molecule has 1 fully saturated rings. The van der Waals surface area contributed by atoms with E-state index in [4.69, 9.17) is 18.8 Å². The van der Waals surface area contributed by atoms with Crippen molar-refractivity contribution in [3.63, 3.8) is 0 Å². The van der Waals surface area contributed by atoms with Gasteiger partial charge in [0.1, 0.15) is 22.3 Å². The van der Waals surface area contributed by atoms with Crippen molar-refractivity contribution in [1.29, 1.82) is 0 Å². The number of benzene rings is 7. The van der Waals surface area contributed by atoms with E-state index in [-0.39, 0.29) is 0 Å². The van der Waals surface area contributed by atoms with Gasteiger partial charge in [-0.25, -0.2) is 4.98 Å². The Morgan fingerprint density at radius 1 is 0.440 bits per heavy atom. The van der Waals surface area contributed by atoms with Gasteiger partial charge in [-0.1, -0.05) is 98.1 Å². The standard InChI is InChI=1S/C46H32N2O2/c1-2-9-27(10-3-1)29-17-19-41-36(22-29)38-24-44-39(25-43(38)49-41)37-23-30(18-20-42(37)50-44)28-11-8-12-31(21-28)40-26-47-45-34-15-6-4-13-32(34)33-14-5-7-16-35(33)46(45)48-40/h4-8,11-27H,1-3,9-10H2. The Balaban J connectivity index is 1.01. The van der Waals surface area contributed by atoms with Crippen LogP contribution in [0.2, 0.25) is 0 Å². The number of hydrogen-bond acceptors (Lipinski definition) is 4. The van der Waals surface area contributed by atoms with Gasteiger partial charge < -0.3 is 8.83 Å². The maximum absolute atomic E-state index is 6.46. The van der Waals surface area contributed by atoms with Crippen molar-refractivity contribution in [2.24, 2.45) is 0 Å². The van der Waals surface area contributed by atoms with Crippen LogP contribution in [-0.2, 0) is 0 Å². The minimum atomic E-state index is 0.651. The van der Waals surface area contributed by atoms with Crippen LogP contribution in [0.4, 0.5) is 0 Å². The van der Waals surface area contributed by atoms with E-state index in [1.54, 1.807) is 0 Å². The highest BCUT2D eigenvalue weighted by Gasteiger charge is 2.19. The molecule has 0 unspecified atom stereocenters. The summed E-state index contributed by atoms with van der Waals surface area (Å²) < 4.78 is 12.9. The lowest BCUT2D eigenvalue weighted by molar-refractivity contribution is 0.444. The van der Waals surface area contributed by atoms with Gasteiger partial charge >= 0.3 is 0 Å². The molecule has 3 aromatic heterocycles. The zero-order valence-corrected chi connectivity index (χ0v) is 27.4. The zero-order valence-electron chi connectivity index (χ0n) is 27.4. The van der Waals surface area contributed by atoms with Crippen LogP contribution in [-0.4, -0.2) is 9.97 Å². The van der Waals surface area contributed by atoms with Crippen molar-refractivity contribution in [3.05, 3.63) is 133 Å². The third-order valence-electron chi connectivity index (χ3n) is 11.1. The minimum Gasteiger partial charge on any atom is -0.456 e. The summed E-state index contributed by atoms with van der Waals surface area (Å²) in [5, 5.41) is 9.09. The van der Waals surface area contributed by atoms with Gasteiger partial charge in [0.25, 0.3) is 0 Å². The van der Waals surface area contributed by atoms with E-state index in [1.807, 2.05) is 6.20 Å². The summed E-state index contributed by atoms with van der Waals surface area (Å²) in [5.41, 5.74) is 11.0. The van der Waals surface area contributed by atoms with Crippen molar-refractivity contribution < 1.29 is 8.83 Å². The molecule has 7 aromatic carbocycles. The molecule has 0 amide bonds. The van der Waals surface area contributed by atoms with Gasteiger partial charge in [-0.05, 0) is 88.7 Å². The van der Waals surface area contributed by atoms with Crippen molar-refractivity contribution >= 4 is 76.5 Å². The summed E-state index contributed by atoms with van der Waals surface area (Å²) in [4.78, 5) is 10.2. The average Bonchev–Trinajstić information content (AvgIpc) is 3.73. The highest BCUT2D eigenvalue weighted by atomic mass is 16.3. The molecule has 11 rings (SSSR count). The number of hydrogen-bond donors (Lipinski definition) is 0. The largest absolute Gasteiger partial charge is 0.456 e. The first-order chi connectivity index (χ1) is 24.7. The Morgan fingerprint density at radius 3 is 1.78 bits per heavy atom. The SMILES string of the molecule is c1cc(-c2ccc3oc4cc5c(cc4c3c2)oc2ccc(C3CCCCC3)cc25)cc(-c2cnc3c4ccccc4c4ccccc4c3n2)c1. The van der Waals surface area contributed by atoms with Crippen molar-refractivity contribution in [2.75, 3.05) is 0 Å². The predicted octanol–water partition coefficient (Wildman–Crippen LogP) is 13.1. The molecule has 0 spiro atoms. The summed E-state index contributed by atoms with van der Waals surface area (Å²) in [6, 6.07) is 43.2. The molecule has 4 nitrogen and oxygen atoms in total. The zero-order chi connectivity index (χ0) is 32.8. The van der Waals surface area contributed by atoms with E-state index in [9.17, 15) is 0 Å². The van der Waals surface area contributed by atoms with Crippen LogP contribution in [0.5, 0.6) is 0 Å². The smallest absolute Gasteiger partial charge is 0.136 e. The van der Waals surface area contributed by atoms with E-state index in [0.717, 1.165) is 82.7 Å². The average molecular weight is 645 g/mol. The Labute approximate surface area is 288 Å². The summed E-state index contributed by atoms with van der Waals surface area (Å²) in [6.45, 7) is 0. The molecular formula is C46H32N2O2. The van der Waals surface area contributed by atoms with Gasteiger partial charge in [0.2, 0.25) is 0 Å². The molecule has 1 aliphatic carbocycles. The van der Waals surface area contributed by atoms with Crippen LogP contribution in [0.15, 0.2) is 136 Å². The highest BCUT2D eigenvalue weighted by Crippen LogP contribution is 2.41. The normalized spacial score (nSPS) is 14.3. The molecule has 0 bridgehead atoms. The number of furan rings is 2. The van der Waals surface area contributed by atoms with Gasteiger partial charge in [-0.15, -0.1) is 0 Å². The van der Waals surface area contributed by atoms with Crippen LogP contribution < -0.4 is 0 Å². The first kappa shape index (κ1) is 27.9. The van der Waals surface area contributed by atoms with Gasteiger partial charge in [-0.3, -0.25) is 4.98 Å². The van der Waals surface area contributed by atoms with Crippen molar-refractivity contribution in [1.82, 2.24) is 9.97 Å². The number of rotatable bonds is 3. The second-order valence-electron chi connectivity index (χ2n) is 14.0. The molecule has 0 radical (unpaired) electrons. The van der Waals surface area contributed by atoms with Crippen LogP contribution in [0, 0.1) is 0 Å². The molecule has 0 atom stereocenters. The second-order valence-corrected chi connectivity index (χ2v) is 14.0. The summed E-state index contributed by atoms with van der Waals surface area (Å²) >= 11 is 0. The van der Waals surface area contributed by atoms with Gasteiger partial charge in [-0.2, -0.15) is 0 Å². The minimum absolute atomic E-state index is 0.651. The second kappa shape index (κ2) is 10.8. The van der Waals surface area contributed by atoms with Crippen molar-refractivity contribution in [3.8, 4) is 22.4 Å². The van der Waals surface area contributed by atoms with E-state index in [2.05, 4.69) is 121 Å². The fourth-order valence-corrected chi connectivity index (χ4v) is 8.55. The van der Waals surface area contributed by atoms with Crippen molar-refractivity contribution in [2.45, 2.75) is 38.0 Å². The molecule has 3 heterocycles. The highest BCUT2D eigenvalue weighted by molar-refractivity contribution is 6.23. The lowest BCUT2D eigenvalue weighted by Crippen LogP contribution is -2.03. The molecule has 4 heteroatoms. The Bertz CT molecular complexity index is 2940.